The van der Waals surface area contributed by atoms with E-state index in [1.54, 1.807) is 4.90 Å². The first-order chi connectivity index (χ1) is 28.1. The van der Waals surface area contributed by atoms with Crippen LogP contribution in [0.1, 0.15) is 140 Å². The van der Waals surface area contributed by atoms with E-state index in [9.17, 15) is 9.59 Å². The van der Waals surface area contributed by atoms with Gasteiger partial charge in [-0.3, -0.25) is 9.69 Å². The number of carbonyl (C=O) groups excluding carboxylic acids is 2. The molecule has 0 spiro atoms. The van der Waals surface area contributed by atoms with Crippen LogP contribution in [0.25, 0.3) is 0 Å². The molecular formula is C48H64N2O7. The van der Waals surface area contributed by atoms with E-state index in [0.717, 1.165) is 62.6 Å². The number of amides is 2. The second-order valence-corrected chi connectivity index (χ2v) is 18.8. The van der Waals surface area contributed by atoms with Crippen molar-refractivity contribution in [2.75, 3.05) is 18.1 Å². The first kappa shape index (κ1) is 38.2. The van der Waals surface area contributed by atoms with Crippen molar-refractivity contribution in [3.05, 3.63) is 66.2 Å². The molecule has 0 aromatic heterocycles. The fourth-order valence-corrected chi connectivity index (χ4v) is 13.0. The zero-order chi connectivity index (χ0) is 38.4. The van der Waals surface area contributed by atoms with E-state index in [0.29, 0.717) is 36.9 Å². The van der Waals surface area contributed by atoms with Crippen molar-refractivity contribution >= 4 is 17.7 Å². The van der Waals surface area contributed by atoms with Crippen molar-refractivity contribution in [1.82, 2.24) is 4.90 Å². The maximum atomic E-state index is 14.8. The van der Waals surface area contributed by atoms with Crippen LogP contribution in [0.2, 0.25) is 0 Å². The Balaban J connectivity index is 1.03. The number of para-hydroxylation sites is 1. The highest BCUT2D eigenvalue weighted by Crippen LogP contribution is 2.54. The van der Waals surface area contributed by atoms with Crippen LogP contribution in [0.4, 0.5) is 10.5 Å². The summed E-state index contributed by atoms with van der Waals surface area (Å²) in [6.45, 7) is 0.737. The minimum Gasteiger partial charge on any atom is -0.441 e. The van der Waals surface area contributed by atoms with Crippen LogP contribution in [0.3, 0.4) is 0 Å². The number of ether oxygens (including phenoxy) is 5. The number of β-lactam (4-membered cyclic amide) rings is 1. The molecule has 4 aliphatic heterocycles. The third-order valence-electron chi connectivity index (χ3n) is 15.7. The van der Waals surface area contributed by atoms with E-state index in [-0.39, 0.29) is 11.9 Å². The van der Waals surface area contributed by atoms with E-state index in [1.807, 2.05) is 53.4 Å². The van der Waals surface area contributed by atoms with Gasteiger partial charge >= 0.3 is 6.09 Å². The van der Waals surface area contributed by atoms with E-state index in [2.05, 4.69) is 12.1 Å². The molecule has 2 aromatic carbocycles. The first-order valence-corrected chi connectivity index (χ1v) is 23.1. The van der Waals surface area contributed by atoms with Gasteiger partial charge in [0.1, 0.15) is 24.3 Å². The van der Waals surface area contributed by atoms with Crippen molar-refractivity contribution < 1.29 is 33.3 Å². The van der Waals surface area contributed by atoms with Crippen LogP contribution < -0.4 is 4.90 Å². The lowest BCUT2D eigenvalue weighted by Crippen LogP contribution is -2.69. The lowest BCUT2D eigenvalue weighted by Gasteiger charge is -2.51. The van der Waals surface area contributed by atoms with Gasteiger partial charge in [0, 0.05) is 29.4 Å². The SMILES string of the molecule is O=C1[C@@H](N2C(=O)O[C@H]([C@H]3COC(C4CCCCC4)(C4CCCCC4)O3)[C@H]2[C@H]2COC(C3CCCCC3)(C3CCCCC3)O2)[C@@H](c2ccccc2)N1c1ccccc1. The molecule has 9 heteroatoms. The number of nitrogens with zero attached hydrogens (tertiary/aromatic N) is 2. The fraction of sp³-hybridized carbons (Fsp3) is 0.708. The molecule has 9 nitrogen and oxygen atoms in total. The van der Waals surface area contributed by atoms with Crippen molar-refractivity contribution in [2.45, 2.75) is 176 Å². The van der Waals surface area contributed by atoms with Gasteiger partial charge in [-0.05, 0) is 69.1 Å². The number of hydrogen-bond donors (Lipinski definition) is 0. The zero-order valence-corrected chi connectivity index (χ0v) is 33.9. The topological polar surface area (TPSA) is 86.8 Å². The van der Waals surface area contributed by atoms with Gasteiger partial charge in [0.2, 0.25) is 0 Å². The molecule has 57 heavy (non-hydrogen) atoms. The van der Waals surface area contributed by atoms with E-state index < -0.39 is 48.1 Å². The third kappa shape index (κ3) is 6.75. The van der Waals surface area contributed by atoms with Crippen LogP contribution in [-0.2, 0) is 28.5 Å². The van der Waals surface area contributed by atoms with Crippen molar-refractivity contribution in [3.8, 4) is 0 Å². The summed E-state index contributed by atoms with van der Waals surface area (Å²) in [6, 6.07) is 18.3. The summed E-state index contributed by atoms with van der Waals surface area (Å²) < 4.78 is 35.8. The van der Waals surface area contributed by atoms with Crippen molar-refractivity contribution in [1.29, 1.82) is 0 Å². The van der Waals surface area contributed by atoms with Crippen LogP contribution in [0, 0.1) is 23.7 Å². The molecule has 8 aliphatic rings. The average Bonchev–Trinajstić information content (AvgIpc) is 4.02. The Morgan fingerprint density at radius 3 is 1.44 bits per heavy atom. The maximum absolute atomic E-state index is 14.8. The zero-order valence-electron chi connectivity index (χ0n) is 33.9. The highest BCUT2D eigenvalue weighted by atomic mass is 16.8. The molecule has 308 valence electrons. The molecule has 0 N–H and O–H groups in total. The third-order valence-corrected chi connectivity index (χ3v) is 15.7. The molecule has 2 amide bonds. The predicted octanol–water partition coefficient (Wildman–Crippen LogP) is 9.88. The second kappa shape index (κ2) is 16.2. The monoisotopic (exact) mass is 780 g/mol. The minimum atomic E-state index is -0.762. The number of carbonyl (C=O) groups is 2. The van der Waals surface area contributed by atoms with Gasteiger partial charge in [0.05, 0.1) is 19.3 Å². The summed E-state index contributed by atoms with van der Waals surface area (Å²) in [5.74, 6) is -0.167. The van der Waals surface area contributed by atoms with Crippen LogP contribution in [-0.4, -0.2) is 72.1 Å². The normalized spacial score (nSPS) is 34.4. The highest BCUT2D eigenvalue weighted by Gasteiger charge is 2.66. The average molecular weight is 781 g/mol. The van der Waals surface area contributed by atoms with Crippen LogP contribution >= 0.6 is 0 Å². The Morgan fingerprint density at radius 2 is 0.947 bits per heavy atom. The minimum absolute atomic E-state index is 0.107. The summed E-state index contributed by atoms with van der Waals surface area (Å²) in [5, 5.41) is 0. The molecule has 2 aromatic rings. The Labute approximate surface area is 339 Å². The molecular weight excluding hydrogens is 717 g/mol. The first-order valence-electron chi connectivity index (χ1n) is 23.1. The number of anilines is 1. The Kier molecular flexibility index (Phi) is 10.9. The molecule has 6 atom stereocenters. The molecule has 0 bridgehead atoms. The molecule has 10 rings (SSSR count). The Hall–Kier alpha value is -2.98. The van der Waals surface area contributed by atoms with Gasteiger partial charge in [-0.15, -0.1) is 0 Å². The van der Waals surface area contributed by atoms with E-state index in [4.69, 9.17) is 23.7 Å². The summed E-state index contributed by atoms with van der Waals surface area (Å²) in [7, 11) is 0. The molecule has 4 saturated heterocycles. The molecule has 8 fully saturated rings. The molecule has 4 heterocycles. The lowest BCUT2D eigenvalue weighted by molar-refractivity contribution is -0.261. The predicted molar refractivity (Wildman–Crippen MR) is 216 cm³/mol. The van der Waals surface area contributed by atoms with E-state index in [1.165, 1.54) is 77.0 Å². The standard InChI is InChI=1S/C48H64N2O7/c51-45-43(41(33-19-7-1-8-20-33)49(45)38-29-17-6-18-30-38)50-42(39-31-53-47(56-39,34-21-9-2-10-22-34)35-23-11-3-12-24-35)44(55-46(50)52)40-32-54-48(57-40,36-25-13-4-14-26-36)37-27-15-5-16-28-37/h1,6-8,17-20,29-30,34-37,39-44H,2-5,9-16,21-28,31-32H2/t39-,40-,41-,42-,43+,44-/m1/s1. The second-order valence-electron chi connectivity index (χ2n) is 18.8. The van der Waals surface area contributed by atoms with Gasteiger partial charge < -0.3 is 28.6 Å². The molecule has 0 radical (unpaired) electrons. The van der Waals surface area contributed by atoms with Crippen LogP contribution in [0.5, 0.6) is 0 Å². The summed E-state index contributed by atoms with van der Waals surface area (Å²) in [5.41, 5.74) is 1.80. The maximum Gasteiger partial charge on any atom is 0.411 e. The summed E-state index contributed by atoms with van der Waals surface area (Å²) in [6.07, 6.45) is 21.4. The van der Waals surface area contributed by atoms with Gasteiger partial charge in [-0.2, -0.15) is 0 Å². The quantitative estimate of drug-likeness (QED) is 0.234. The molecule has 0 unspecified atom stereocenters. The summed E-state index contributed by atoms with van der Waals surface area (Å²) >= 11 is 0. The van der Waals surface area contributed by atoms with Crippen LogP contribution in [0.15, 0.2) is 60.7 Å². The van der Waals surface area contributed by atoms with Gasteiger partial charge in [-0.1, -0.05) is 126 Å². The van der Waals surface area contributed by atoms with Gasteiger partial charge in [-0.25, -0.2) is 4.79 Å². The largest absolute Gasteiger partial charge is 0.441 e. The smallest absolute Gasteiger partial charge is 0.411 e. The Bertz CT molecular complexity index is 1650. The molecule has 4 saturated carbocycles. The summed E-state index contributed by atoms with van der Waals surface area (Å²) in [4.78, 5) is 33.2. The lowest BCUT2D eigenvalue weighted by atomic mass is 9.72. The Morgan fingerprint density at radius 1 is 0.509 bits per heavy atom. The van der Waals surface area contributed by atoms with Crippen molar-refractivity contribution in [2.24, 2.45) is 23.7 Å². The number of rotatable bonds is 9. The van der Waals surface area contributed by atoms with Gasteiger partial charge in [0.15, 0.2) is 17.7 Å². The van der Waals surface area contributed by atoms with E-state index >= 15 is 0 Å². The van der Waals surface area contributed by atoms with Crippen molar-refractivity contribution in [3.63, 3.8) is 0 Å². The number of benzene rings is 2. The number of cyclic esters (lactones) is 1. The fourth-order valence-electron chi connectivity index (χ4n) is 13.0. The number of hydrogen-bond acceptors (Lipinski definition) is 7. The molecule has 4 aliphatic carbocycles. The highest BCUT2D eigenvalue weighted by molar-refractivity contribution is 6.07. The van der Waals surface area contributed by atoms with Gasteiger partial charge in [0.25, 0.3) is 5.91 Å².